The van der Waals surface area contributed by atoms with E-state index in [0.29, 0.717) is 10.6 Å². The number of hydrogen-bond acceptors (Lipinski definition) is 5. The second-order valence-electron chi connectivity index (χ2n) is 3.18. The molecule has 1 aromatic heterocycles. The largest absolute Gasteiger partial charge is 0.507 e. The van der Waals surface area contributed by atoms with Gasteiger partial charge in [0.05, 0.1) is 16.9 Å². The van der Waals surface area contributed by atoms with E-state index in [4.69, 9.17) is 9.52 Å². The van der Waals surface area contributed by atoms with E-state index in [2.05, 4.69) is 0 Å². The molecule has 2 aromatic rings. The maximum atomic E-state index is 9.52. The fourth-order valence-electron chi connectivity index (χ4n) is 1.21. The fourth-order valence-corrected chi connectivity index (χ4v) is 2.07. The van der Waals surface area contributed by atoms with Gasteiger partial charge in [0.15, 0.2) is 11.5 Å². The van der Waals surface area contributed by atoms with E-state index < -0.39 is 0 Å². The molecule has 0 amide bonds. The van der Waals surface area contributed by atoms with Crippen LogP contribution in [-0.2, 0) is 5.75 Å². The van der Waals surface area contributed by atoms with Gasteiger partial charge in [-0.05, 0) is 12.1 Å². The average Bonchev–Trinajstić information content (AvgIpc) is 2.74. The smallest absolute Gasteiger partial charge is 0.161 e. The Hall–Kier alpha value is -1.75. The van der Waals surface area contributed by atoms with E-state index in [1.54, 1.807) is 12.3 Å². The summed E-state index contributed by atoms with van der Waals surface area (Å²) in [6.07, 6.45) is 1.57. The molecule has 0 unspecified atom stereocenters. The van der Waals surface area contributed by atoms with Crippen molar-refractivity contribution in [1.29, 1.82) is 0 Å². The van der Waals surface area contributed by atoms with Gasteiger partial charge in [-0.1, -0.05) is 0 Å². The average molecular weight is 238 g/mol. The summed E-state index contributed by atoms with van der Waals surface area (Å²) in [5, 5.41) is 27.9. The second-order valence-corrected chi connectivity index (χ2v) is 4.19. The molecule has 0 aliphatic rings. The van der Waals surface area contributed by atoms with Crippen molar-refractivity contribution >= 4 is 11.8 Å². The van der Waals surface area contributed by atoms with Crippen molar-refractivity contribution in [3.05, 3.63) is 36.3 Å². The lowest BCUT2D eigenvalue weighted by atomic mass is 10.3. The van der Waals surface area contributed by atoms with Crippen molar-refractivity contribution in [2.45, 2.75) is 10.6 Å². The van der Waals surface area contributed by atoms with Gasteiger partial charge in [0.1, 0.15) is 11.5 Å². The van der Waals surface area contributed by atoms with Crippen LogP contribution >= 0.6 is 11.8 Å². The zero-order valence-corrected chi connectivity index (χ0v) is 9.07. The van der Waals surface area contributed by atoms with Gasteiger partial charge < -0.3 is 19.7 Å². The predicted molar refractivity (Wildman–Crippen MR) is 59.7 cm³/mol. The number of phenols is 3. The first-order valence-electron chi connectivity index (χ1n) is 4.57. The number of benzene rings is 1. The van der Waals surface area contributed by atoms with Crippen LogP contribution in [0.4, 0.5) is 0 Å². The first kappa shape index (κ1) is 10.8. The maximum Gasteiger partial charge on any atom is 0.161 e. The Morgan fingerprint density at radius 1 is 1.06 bits per heavy atom. The summed E-state index contributed by atoms with van der Waals surface area (Å²) >= 11 is 1.31. The number of rotatable bonds is 3. The third-order valence-corrected chi connectivity index (χ3v) is 3.07. The van der Waals surface area contributed by atoms with Crippen molar-refractivity contribution in [2.24, 2.45) is 0 Å². The summed E-state index contributed by atoms with van der Waals surface area (Å²) in [4.78, 5) is 0.492. The summed E-state index contributed by atoms with van der Waals surface area (Å²) in [7, 11) is 0. The van der Waals surface area contributed by atoms with Crippen molar-refractivity contribution in [3.63, 3.8) is 0 Å². The minimum absolute atomic E-state index is 0.0631. The highest BCUT2D eigenvalue weighted by Crippen LogP contribution is 2.38. The SMILES string of the molecule is Oc1cc(O)c(SCc2ccco2)cc1O. The van der Waals surface area contributed by atoms with Crippen molar-refractivity contribution in [1.82, 2.24) is 0 Å². The van der Waals surface area contributed by atoms with Gasteiger partial charge >= 0.3 is 0 Å². The van der Waals surface area contributed by atoms with Crippen LogP contribution < -0.4 is 0 Å². The van der Waals surface area contributed by atoms with Gasteiger partial charge in [-0.2, -0.15) is 0 Å². The molecular formula is C11H10O4S. The molecule has 0 radical (unpaired) electrons. The van der Waals surface area contributed by atoms with E-state index in [-0.39, 0.29) is 17.2 Å². The molecule has 1 aromatic carbocycles. The lowest BCUT2D eigenvalue weighted by molar-refractivity contribution is 0.392. The number of furan rings is 1. The molecule has 0 atom stereocenters. The Kier molecular flexibility index (Phi) is 2.96. The van der Waals surface area contributed by atoms with Crippen molar-refractivity contribution in [2.75, 3.05) is 0 Å². The molecule has 4 nitrogen and oxygen atoms in total. The van der Waals surface area contributed by atoms with E-state index in [9.17, 15) is 10.2 Å². The van der Waals surface area contributed by atoms with Crippen LogP contribution in [-0.4, -0.2) is 15.3 Å². The Morgan fingerprint density at radius 3 is 2.50 bits per heavy atom. The molecule has 3 N–H and O–H groups in total. The molecule has 0 bridgehead atoms. The summed E-state index contributed by atoms with van der Waals surface area (Å²) in [6, 6.07) is 6.03. The van der Waals surface area contributed by atoms with Crippen LogP contribution in [0.25, 0.3) is 0 Å². The molecule has 0 spiro atoms. The molecule has 16 heavy (non-hydrogen) atoms. The highest BCUT2D eigenvalue weighted by atomic mass is 32.2. The first-order chi connectivity index (χ1) is 7.66. The number of phenolic OH excluding ortho intramolecular Hbond substituents is 3. The van der Waals surface area contributed by atoms with E-state index in [0.717, 1.165) is 11.8 Å². The number of thioether (sulfide) groups is 1. The summed E-state index contributed by atoms with van der Waals surface area (Å²) in [5.74, 6) is 0.675. The van der Waals surface area contributed by atoms with E-state index in [1.165, 1.54) is 17.8 Å². The highest BCUT2D eigenvalue weighted by molar-refractivity contribution is 7.98. The Morgan fingerprint density at radius 2 is 1.81 bits per heavy atom. The van der Waals surface area contributed by atoms with Crippen LogP contribution in [0.2, 0.25) is 0 Å². The monoisotopic (exact) mass is 238 g/mol. The van der Waals surface area contributed by atoms with Crippen LogP contribution in [0, 0.1) is 0 Å². The molecule has 0 aliphatic heterocycles. The number of aromatic hydroxyl groups is 3. The van der Waals surface area contributed by atoms with E-state index in [1.807, 2.05) is 6.07 Å². The minimum atomic E-state index is -0.333. The lowest BCUT2D eigenvalue weighted by Gasteiger charge is -2.05. The summed E-state index contributed by atoms with van der Waals surface area (Å²) in [6.45, 7) is 0. The standard InChI is InChI=1S/C11H10O4S/c12-8-4-10(14)11(5-9(8)13)16-6-7-2-1-3-15-7/h1-5,12-14H,6H2. The van der Waals surface area contributed by atoms with Crippen molar-refractivity contribution < 1.29 is 19.7 Å². The molecule has 0 saturated heterocycles. The molecular weight excluding hydrogens is 228 g/mol. The molecule has 84 valence electrons. The van der Waals surface area contributed by atoms with Crippen molar-refractivity contribution in [3.8, 4) is 17.2 Å². The van der Waals surface area contributed by atoms with Gasteiger partial charge in [-0.3, -0.25) is 0 Å². The molecule has 0 aliphatic carbocycles. The zero-order valence-electron chi connectivity index (χ0n) is 8.25. The van der Waals surface area contributed by atoms with Gasteiger partial charge in [0.25, 0.3) is 0 Å². The number of hydrogen-bond donors (Lipinski definition) is 3. The summed E-state index contributed by atoms with van der Waals surface area (Å²) in [5.41, 5.74) is 0. The van der Waals surface area contributed by atoms with Crippen LogP contribution in [0.5, 0.6) is 17.2 Å². The van der Waals surface area contributed by atoms with Gasteiger partial charge in [-0.15, -0.1) is 11.8 Å². The minimum Gasteiger partial charge on any atom is -0.507 e. The van der Waals surface area contributed by atoms with E-state index >= 15 is 0 Å². The molecule has 1 heterocycles. The van der Waals surface area contributed by atoms with Crippen LogP contribution in [0.1, 0.15) is 5.76 Å². The first-order valence-corrected chi connectivity index (χ1v) is 5.55. The van der Waals surface area contributed by atoms with Gasteiger partial charge in [-0.25, -0.2) is 0 Å². The second kappa shape index (κ2) is 4.40. The molecule has 0 fully saturated rings. The Balaban J connectivity index is 2.12. The van der Waals surface area contributed by atoms with Gasteiger partial charge in [0, 0.05) is 12.1 Å². The Bertz CT molecular complexity index is 479. The van der Waals surface area contributed by atoms with Crippen LogP contribution in [0.3, 0.4) is 0 Å². The predicted octanol–water partition coefficient (Wildman–Crippen LogP) is 2.69. The molecule has 5 heteroatoms. The maximum absolute atomic E-state index is 9.52. The molecule has 0 saturated carbocycles. The fraction of sp³-hybridized carbons (Fsp3) is 0.0909. The highest BCUT2D eigenvalue weighted by Gasteiger charge is 2.09. The van der Waals surface area contributed by atoms with Crippen LogP contribution in [0.15, 0.2) is 39.8 Å². The Labute approximate surface area is 96.2 Å². The summed E-state index contributed by atoms with van der Waals surface area (Å²) < 4.78 is 5.13. The molecule has 2 rings (SSSR count). The third-order valence-electron chi connectivity index (χ3n) is 2.01. The normalized spacial score (nSPS) is 10.5. The van der Waals surface area contributed by atoms with Gasteiger partial charge in [0.2, 0.25) is 0 Å². The topological polar surface area (TPSA) is 73.8 Å². The third kappa shape index (κ3) is 2.25. The lowest BCUT2D eigenvalue weighted by Crippen LogP contribution is -1.78. The zero-order chi connectivity index (χ0) is 11.5. The quantitative estimate of drug-likeness (QED) is 0.435.